The van der Waals surface area contributed by atoms with E-state index in [1.54, 1.807) is 0 Å². The maximum Gasteiger partial charge on any atom is 0.303 e. The van der Waals surface area contributed by atoms with Crippen molar-refractivity contribution in [3.8, 4) is 0 Å². The SMILES string of the molecule is CCCCCCCCCCCCCCCC(CCCC)CC(=O)O. The molecule has 0 aromatic carbocycles. The molecular weight excluding hydrogens is 296 g/mol. The van der Waals surface area contributed by atoms with Crippen LogP contribution >= 0.6 is 0 Å². The number of unbranched alkanes of at least 4 members (excludes halogenated alkanes) is 13. The van der Waals surface area contributed by atoms with Gasteiger partial charge in [-0.15, -0.1) is 0 Å². The summed E-state index contributed by atoms with van der Waals surface area (Å²) >= 11 is 0. The highest BCUT2D eigenvalue weighted by Gasteiger charge is 2.12. The van der Waals surface area contributed by atoms with Gasteiger partial charge in [0.05, 0.1) is 0 Å². The van der Waals surface area contributed by atoms with Gasteiger partial charge in [0.2, 0.25) is 0 Å². The predicted molar refractivity (Wildman–Crippen MR) is 106 cm³/mol. The van der Waals surface area contributed by atoms with E-state index >= 15 is 0 Å². The third-order valence-corrected chi connectivity index (χ3v) is 5.15. The summed E-state index contributed by atoms with van der Waals surface area (Å²) in [7, 11) is 0. The fraction of sp³-hybridized carbons (Fsp3) is 0.955. The molecule has 0 radical (unpaired) electrons. The van der Waals surface area contributed by atoms with Crippen molar-refractivity contribution in [3.63, 3.8) is 0 Å². The van der Waals surface area contributed by atoms with Gasteiger partial charge in [-0.2, -0.15) is 0 Å². The van der Waals surface area contributed by atoms with Crippen LogP contribution in [0.15, 0.2) is 0 Å². The summed E-state index contributed by atoms with van der Waals surface area (Å²) in [6.07, 6.45) is 22.9. The molecule has 0 aromatic heterocycles. The Morgan fingerprint density at radius 3 is 1.42 bits per heavy atom. The summed E-state index contributed by atoms with van der Waals surface area (Å²) in [5, 5.41) is 8.99. The van der Waals surface area contributed by atoms with Gasteiger partial charge < -0.3 is 5.11 Å². The van der Waals surface area contributed by atoms with Crippen LogP contribution in [-0.2, 0) is 4.79 Å². The monoisotopic (exact) mass is 340 g/mol. The number of carboxylic acid groups (broad SMARTS) is 1. The highest BCUT2D eigenvalue weighted by molar-refractivity contribution is 5.66. The first-order chi connectivity index (χ1) is 11.7. The van der Waals surface area contributed by atoms with E-state index in [1.807, 2.05) is 0 Å². The van der Waals surface area contributed by atoms with E-state index in [9.17, 15) is 4.79 Å². The maximum atomic E-state index is 10.9. The molecule has 0 rings (SSSR count). The van der Waals surface area contributed by atoms with E-state index < -0.39 is 5.97 Å². The Balaban J connectivity index is 3.34. The van der Waals surface area contributed by atoms with Crippen LogP contribution in [0.2, 0.25) is 0 Å². The number of aliphatic carboxylic acids is 1. The Labute approximate surface area is 151 Å². The van der Waals surface area contributed by atoms with Crippen LogP contribution in [0.3, 0.4) is 0 Å². The Kier molecular flexibility index (Phi) is 18.4. The molecule has 0 bridgehead atoms. The largest absolute Gasteiger partial charge is 0.481 e. The van der Waals surface area contributed by atoms with Gasteiger partial charge in [0.1, 0.15) is 0 Å². The first kappa shape index (κ1) is 23.5. The van der Waals surface area contributed by atoms with Crippen molar-refractivity contribution in [1.29, 1.82) is 0 Å². The zero-order valence-corrected chi connectivity index (χ0v) is 16.7. The number of rotatable bonds is 19. The van der Waals surface area contributed by atoms with E-state index in [0.29, 0.717) is 12.3 Å². The second-order valence-electron chi connectivity index (χ2n) is 7.64. The zero-order valence-electron chi connectivity index (χ0n) is 16.7. The minimum atomic E-state index is -0.620. The quantitative estimate of drug-likeness (QED) is 0.244. The fourth-order valence-corrected chi connectivity index (χ4v) is 3.54. The average molecular weight is 341 g/mol. The van der Waals surface area contributed by atoms with E-state index in [2.05, 4.69) is 13.8 Å². The molecule has 1 unspecified atom stereocenters. The summed E-state index contributed by atoms with van der Waals surface area (Å²) in [5.41, 5.74) is 0. The van der Waals surface area contributed by atoms with Gasteiger partial charge in [-0.3, -0.25) is 4.79 Å². The zero-order chi connectivity index (χ0) is 17.9. The van der Waals surface area contributed by atoms with Crippen LogP contribution in [0.25, 0.3) is 0 Å². The highest BCUT2D eigenvalue weighted by Crippen LogP contribution is 2.21. The van der Waals surface area contributed by atoms with Crippen molar-refractivity contribution in [2.45, 2.75) is 129 Å². The lowest BCUT2D eigenvalue weighted by Gasteiger charge is -2.14. The van der Waals surface area contributed by atoms with Crippen LogP contribution in [0.5, 0.6) is 0 Å². The molecule has 0 heterocycles. The summed E-state index contributed by atoms with van der Waals surface area (Å²) in [5.74, 6) is -0.207. The maximum absolute atomic E-state index is 10.9. The number of carbonyl (C=O) groups is 1. The second-order valence-corrected chi connectivity index (χ2v) is 7.64. The molecule has 0 aromatic rings. The van der Waals surface area contributed by atoms with Gasteiger partial charge in [-0.25, -0.2) is 0 Å². The van der Waals surface area contributed by atoms with Gasteiger partial charge in [-0.05, 0) is 18.8 Å². The van der Waals surface area contributed by atoms with E-state index in [-0.39, 0.29) is 0 Å². The molecule has 0 aliphatic rings. The van der Waals surface area contributed by atoms with Gasteiger partial charge in [-0.1, -0.05) is 110 Å². The van der Waals surface area contributed by atoms with Crippen molar-refractivity contribution in [3.05, 3.63) is 0 Å². The van der Waals surface area contributed by atoms with Crippen molar-refractivity contribution in [2.75, 3.05) is 0 Å². The third-order valence-electron chi connectivity index (χ3n) is 5.15. The molecule has 2 nitrogen and oxygen atoms in total. The highest BCUT2D eigenvalue weighted by atomic mass is 16.4. The van der Waals surface area contributed by atoms with Gasteiger partial charge in [0.25, 0.3) is 0 Å². The summed E-state index contributed by atoms with van der Waals surface area (Å²) in [6, 6.07) is 0. The van der Waals surface area contributed by atoms with Crippen molar-refractivity contribution in [1.82, 2.24) is 0 Å². The van der Waals surface area contributed by atoms with Crippen LogP contribution < -0.4 is 0 Å². The van der Waals surface area contributed by atoms with Crippen LogP contribution in [0, 0.1) is 5.92 Å². The fourth-order valence-electron chi connectivity index (χ4n) is 3.54. The van der Waals surface area contributed by atoms with Crippen molar-refractivity contribution >= 4 is 5.97 Å². The molecule has 1 N–H and O–H groups in total. The summed E-state index contributed by atoms with van der Waals surface area (Å²) < 4.78 is 0. The van der Waals surface area contributed by atoms with Crippen LogP contribution in [0.4, 0.5) is 0 Å². The van der Waals surface area contributed by atoms with Crippen molar-refractivity contribution in [2.24, 2.45) is 5.92 Å². The first-order valence-corrected chi connectivity index (χ1v) is 10.9. The number of carboxylic acids is 1. The smallest absolute Gasteiger partial charge is 0.303 e. The average Bonchev–Trinajstić information content (AvgIpc) is 2.56. The lowest BCUT2D eigenvalue weighted by atomic mass is 9.92. The molecule has 0 fully saturated rings. The number of hydrogen-bond acceptors (Lipinski definition) is 1. The molecule has 0 aliphatic carbocycles. The molecular formula is C22H44O2. The van der Waals surface area contributed by atoms with Gasteiger partial charge in [0, 0.05) is 6.42 Å². The van der Waals surface area contributed by atoms with Gasteiger partial charge in [0.15, 0.2) is 0 Å². The predicted octanol–water partition coefficient (Wildman–Crippen LogP) is 7.75. The molecule has 2 heteroatoms. The molecule has 0 saturated carbocycles. The normalized spacial score (nSPS) is 12.4. The van der Waals surface area contributed by atoms with Crippen LogP contribution in [0.1, 0.15) is 129 Å². The summed E-state index contributed by atoms with van der Waals surface area (Å²) in [4.78, 5) is 10.9. The molecule has 0 amide bonds. The Bertz CT molecular complexity index is 263. The molecule has 24 heavy (non-hydrogen) atoms. The molecule has 144 valence electrons. The molecule has 0 spiro atoms. The number of hydrogen-bond donors (Lipinski definition) is 1. The Morgan fingerprint density at radius 2 is 1.00 bits per heavy atom. The molecule has 0 aliphatic heterocycles. The lowest BCUT2D eigenvalue weighted by Crippen LogP contribution is -2.08. The third kappa shape index (κ3) is 17.8. The van der Waals surface area contributed by atoms with Crippen molar-refractivity contribution < 1.29 is 9.90 Å². The standard InChI is InChI=1S/C22H44O2/c1-3-5-7-8-9-10-11-12-13-14-15-16-17-19-21(18-6-4-2)20-22(23)24/h21H,3-20H2,1-2H3,(H,23,24). The summed E-state index contributed by atoms with van der Waals surface area (Å²) in [6.45, 7) is 4.46. The molecule has 0 saturated heterocycles. The minimum Gasteiger partial charge on any atom is -0.481 e. The second kappa shape index (κ2) is 18.8. The topological polar surface area (TPSA) is 37.3 Å². The minimum absolute atomic E-state index is 0.373. The Hall–Kier alpha value is -0.530. The van der Waals surface area contributed by atoms with Crippen LogP contribution in [-0.4, -0.2) is 11.1 Å². The molecule has 1 atom stereocenters. The first-order valence-electron chi connectivity index (χ1n) is 10.9. The van der Waals surface area contributed by atoms with Gasteiger partial charge >= 0.3 is 5.97 Å². The van der Waals surface area contributed by atoms with E-state index in [1.165, 1.54) is 96.3 Å². The van der Waals surface area contributed by atoms with E-state index in [0.717, 1.165) is 12.8 Å². The Morgan fingerprint density at radius 1 is 0.625 bits per heavy atom. The lowest BCUT2D eigenvalue weighted by molar-refractivity contribution is -0.138. The van der Waals surface area contributed by atoms with E-state index in [4.69, 9.17) is 5.11 Å².